The molecule has 0 unspecified atom stereocenters. The van der Waals surface area contributed by atoms with Crippen LogP contribution in [0.15, 0.2) is 52.3 Å². The Labute approximate surface area is 201 Å². The predicted octanol–water partition coefficient (Wildman–Crippen LogP) is 6.17. The maximum absolute atomic E-state index is 13.6. The van der Waals surface area contributed by atoms with E-state index in [0.717, 1.165) is 6.07 Å². The molecule has 0 aromatic heterocycles. The quantitative estimate of drug-likeness (QED) is 0.169. The van der Waals surface area contributed by atoms with E-state index in [1.807, 2.05) is 0 Å². The number of halogens is 7. The summed E-state index contributed by atoms with van der Waals surface area (Å²) in [7, 11) is 0. The molecule has 0 spiro atoms. The molecule has 0 saturated carbocycles. The van der Waals surface area contributed by atoms with Gasteiger partial charge in [0.2, 0.25) is 11.8 Å². The molecule has 0 bridgehead atoms. The van der Waals surface area contributed by atoms with Crippen LogP contribution in [0.25, 0.3) is 0 Å². The van der Waals surface area contributed by atoms with E-state index in [9.17, 15) is 50.4 Å². The Balaban J connectivity index is 2.10. The number of nitrogens with one attached hydrogen (secondary N) is 2. The van der Waals surface area contributed by atoms with Gasteiger partial charge in [-0.15, -0.1) is 11.8 Å². The summed E-state index contributed by atoms with van der Waals surface area (Å²) in [4.78, 5) is 32.2. The summed E-state index contributed by atoms with van der Waals surface area (Å²) in [5, 5.41) is 10.6. The topological polar surface area (TPSA) is 101 Å². The highest BCUT2D eigenvalue weighted by Gasteiger charge is 2.73. The third-order valence-electron chi connectivity index (χ3n) is 3.94. The Morgan fingerprint density at radius 3 is 1.97 bits per heavy atom. The normalized spacial score (nSPS) is 12.2. The van der Waals surface area contributed by atoms with Gasteiger partial charge in [-0.05, 0) is 48.2 Å². The number of anilines is 2. The fourth-order valence-electron chi connectivity index (χ4n) is 2.38. The minimum absolute atomic E-state index is 0.207. The minimum atomic E-state index is -6.54. The standard InChI is InChI=1S/C19H14F7N3O4S2/c1-10(30)27-11-2-4-12(5-3-11)28-16(31)9-34-15-7-6-13(8-14(15)29(32)33)35-19(25,26)17(20,21)18(22,23)24/h2-8H,9H2,1H3,(H,27,30)(H,28,31). The van der Waals surface area contributed by atoms with Gasteiger partial charge in [0.25, 0.3) is 5.69 Å². The van der Waals surface area contributed by atoms with E-state index in [2.05, 4.69) is 10.6 Å². The molecule has 2 rings (SSSR count). The highest BCUT2D eigenvalue weighted by atomic mass is 32.2. The molecule has 7 nitrogen and oxygen atoms in total. The van der Waals surface area contributed by atoms with Crippen LogP contribution < -0.4 is 10.6 Å². The fraction of sp³-hybridized carbons (Fsp3) is 0.263. The third kappa shape index (κ3) is 7.24. The van der Waals surface area contributed by atoms with Crippen LogP contribution in [0.1, 0.15) is 6.92 Å². The van der Waals surface area contributed by atoms with Crippen molar-refractivity contribution in [2.75, 3.05) is 16.4 Å². The third-order valence-corrected chi connectivity index (χ3v) is 6.01. The van der Waals surface area contributed by atoms with Crippen molar-refractivity contribution in [3.63, 3.8) is 0 Å². The molecule has 2 N–H and O–H groups in total. The van der Waals surface area contributed by atoms with Crippen molar-refractivity contribution in [3.8, 4) is 0 Å². The Bertz CT molecular complexity index is 1110. The zero-order valence-electron chi connectivity index (χ0n) is 17.3. The maximum Gasteiger partial charge on any atom is 0.460 e. The molecule has 0 saturated heterocycles. The number of amides is 2. The summed E-state index contributed by atoms with van der Waals surface area (Å²) < 4.78 is 90.3. The van der Waals surface area contributed by atoms with Gasteiger partial charge in [-0.3, -0.25) is 19.7 Å². The van der Waals surface area contributed by atoms with Gasteiger partial charge in [0.1, 0.15) is 0 Å². The molecule has 0 aliphatic carbocycles. The first-order valence-corrected chi connectivity index (χ1v) is 10.9. The monoisotopic (exact) mass is 545 g/mol. The lowest BCUT2D eigenvalue weighted by Gasteiger charge is -2.27. The first kappa shape index (κ1) is 28.2. The average Bonchev–Trinajstić information content (AvgIpc) is 2.72. The lowest BCUT2D eigenvalue weighted by Crippen LogP contribution is -2.49. The molecule has 0 aliphatic rings. The smallest absolute Gasteiger partial charge is 0.326 e. The predicted molar refractivity (Wildman–Crippen MR) is 115 cm³/mol. The fourth-order valence-corrected chi connectivity index (χ4v) is 4.03. The second-order valence-corrected chi connectivity index (χ2v) is 8.88. The number of nitro groups is 1. The van der Waals surface area contributed by atoms with E-state index in [4.69, 9.17) is 0 Å². The number of hydrogen-bond donors (Lipinski definition) is 2. The molecule has 2 aromatic rings. The summed E-state index contributed by atoms with van der Waals surface area (Å²) >= 11 is -0.557. The molecule has 0 radical (unpaired) electrons. The van der Waals surface area contributed by atoms with Crippen LogP contribution in [0.3, 0.4) is 0 Å². The van der Waals surface area contributed by atoms with E-state index in [1.54, 1.807) is 0 Å². The summed E-state index contributed by atoms with van der Waals surface area (Å²) in [5.74, 6) is -7.69. The lowest BCUT2D eigenvalue weighted by atomic mass is 10.3. The lowest BCUT2D eigenvalue weighted by molar-refractivity contribution is -0.387. The summed E-state index contributed by atoms with van der Waals surface area (Å²) in [6.07, 6.45) is -6.54. The number of carbonyl (C=O) groups is 2. The number of nitro benzene ring substituents is 1. The molecule has 2 aromatic carbocycles. The van der Waals surface area contributed by atoms with Crippen LogP contribution in [-0.4, -0.2) is 39.8 Å². The highest BCUT2D eigenvalue weighted by Crippen LogP contribution is 2.54. The SMILES string of the molecule is CC(=O)Nc1ccc(NC(=O)CSc2ccc(SC(F)(F)C(F)(F)C(F)(F)F)cc2[N+](=O)[O-])cc1. The van der Waals surface area contributed by atoms with Crippen LogP contribution in [0.5, 0.6) is 0 Å². The zero-order chi connectivity index (χ0) is 26.6. The molecule has 0 fully saturated rings. The number of hydrogen-bond acceptors (Lipinski definition) is 6. The van der Waals surface area contributed by atoms with E-state index >= 15 is 0 Å². The Kier molecular flexibility index (Phi) is 8.65. The molecular weight excluding hydrogens is 531 g/mol. The Morgan fingerprint density at radius 2 is 1.49 bits per heavy atom. The van der Waals surface area contributed by atoms with Crippen molar-refractivity contribution in [2.45, 2.75) is 34.1 Å². The molecule has 190 valence electrons. The number of carbonyl (C=O) groups excluding carboxylic acids is 2. The van der Waals surface area contributed by atoms with E-state index < -0.39 is 50.5 Å². The van der Waals surface area contributed by atoms with Crippen LogP contribution >= 0.6 is 23.5 Å². The van der Waals surface area contributed by atoms with Crippen molar-refractivity contribution < 1.29 is 45.2 Å². The number of alkyl halides is 7. The van der Waals surface area contributed by atoms with Crippen molar-refractivity contribution in [1.29, 1.82) is 0 Å². The van der Waals surface area contributed by atoms with Crippen molar-refractivity contribution in [3.05, 3.63) is 52.6 Å². The number of benzene rings is 2. The molecule has 2 amide bonds. The summed E-state index contributed by atoms with van der Waals surface area (Å²) in [6.45, 7) is 1.31. The number of thioether (sulfide) groups is 2. The van der Waals surface area contributed by atoms with Gasteiger partial charge < -0.3 is 10.6 Å². The first-order chi connectivity index (χ1) is 16.0. The van der Waals surface area contributed by atoms with Gasteiger partial charge in [0.15, 0.2) is 0 Å². The highest BCUT2D eigenvalue weighted by molar-refractivity contribution is 8.00. The van der Waals surface area contributed by atoms with Gasteiger partial charge in [-0.2, -0.15) is 30.7 Å². The van der Waals surface area contributed by atoms with E-state index in [0.29, 0.717) is 35.3 Å². The van der Waals surface area contributed by atoms with Gasteiger partial charge in [0, 0.05) is 29.3 Å². The van der Waals surface area contributed by atoms with Gasteiger partial charge in [0.05, 0.1) is 15.6 Å². The number of nitrogens with zero attached hydrogens (tertiary/aromatic N) is 1. The first-order valence-electron chi connectivity index (χ1n) is 9.13. The average molecular weight is 545 g/mol. The second kappa shape index (κ2) is 10.7. The largest absolute Gasteiger partial charge is 0.460 e. The molecular formula is C19H14F7N3O4S2. The molecule has 0 aliphatic heterocycles. The van der Waals surface area contributed by atoms with Crippen LogP contribution in [0.2, 0.25) is 0 Å². The van der Waals surface area contributed by atoms with E-state index in [1.165, 1.54) is 31.2 Å². The van der Waals surface area contributed by atoms with Crippen molar-refractivity contribution in [2.24, 2.45) is 0 Å². The van der Waals surface area contributed by atoms with Crippen LogP contribution in [-0.2, 0) is 9.59 Å². The van der Waals surface area contributed by atoms with E-state index in [-0.39, 0.29) is 16.6 Å². The van der Waals surface area contributed by atoms with Crippen LogP contribution in [0, 0.1) is 10.1 Å². The summed E-state index contributed by atoms with van der Waals surface area (Å²) in [5.41, 5.74) is -0.0607. The van der Waals surface area contributed by atoms with Crippen LogP contribution in [0.4, 0.5) is 47.8 Å². The van der Waals surface area contributed by atoms with Crippen molar-refractivity contribution >= 4 is 52.4 Å². The Morgan fingerprint density at radius 1 is 0.943 bits per heavy atom. The molecule has 0 atom stereocenters. The second-order valence-electron chi connectivity index (χ2n) is 6.67. The number of rotatable bonds is 9. The molecule has 16 heteroatoms. The Hall–Kier alpha value is -3.01. The molecule has 0 heterocycles. The zero-order valence-corrected chi connectivity index (χ0v) is 18.9. The van der Waals surface area contributed by atoms with Crippen molar-refractivity contribution in [1.82, 2.24) is 0 Å². The van der Waals surface area contributed by atoms with Gasteiger partial charge in [-0.1, -0.05) is 0 Å². The minimum Gasteiger partial charge on any atom is -0.326 e. The summed E-state index contributed by atoms with van der Waals surface area (Å²) in [6, 6.07) is 7.94. The van der Waals surface area contributed by atoms with Gasteiger partial charge in [-0.25, -0.2) is 0 Å². The maximum atomic E-state index is 13.6. The van der Waals surface area contributed by atoms with Gasteiger partial charge >= 0.3 is 17.4 Å². The molecule has 35 heavy (non-hydrogen) atoms.